The minimum absolute atomic E-state index is 0.0333. The highest BCUT2D eigenvalue weighted by Gasteiger charge is 2.44. The molecule has 2 aliphatic rings. The quantitative estimate of drug-likeness (QED) is 0.155. The van der Waals surface area contributed by atoms with Crippen molar-refractivity contribution in [2.75, 3.05) is 4.90 Å². The van der Waals surface area contributed by atoms with E-state index in [1.165, 1.54) is 15.2 Å². The molecule has 0 spiro atoms. The van der Waals surface area contributed by atoms with E-state index in [9.17, 15) is 16.4 Å². The van der Waals surface area contributed by atoms with Gasteiger partial charge in [-0.1, -0.05) is 208 Å². The van der Waals surface area contributed by atoms with Crippen LogP contribution in [0.5, 0.6) is 11.5 Å². The van der Waals surface area contributed by atoms with Crippen LogP contribution in [0.1, 0.15) is 62.0 Å². The van der Waals surface area contributed by atoms with Crippen molar-refractivity contribution in [1.29, 1.82) is 0 Å². The number of anilines is 3. The number of rotatable bonds is 6. The minimum atomic E-state index is -1.26. The fourth-order valence-corrected chi connectivity index (χ4v) is 11.6. The van der Waals surface area contributed by atoms with Gasteiger partial charge < -0.3 is 18.8 Å². The van der Waals surface area contributed by atoms with E-state index in [-0.39, 0.29) is 111 Å². The zero-order chi connectivity index (χ0) is 75.1. The molecule has 0 N–H and O–H groups in total. The number of hydrogen-bond acceptors (Lipinski definition) is 2. The molecule has 2 aliphatic heterocycles. The summed E-state index contributed by atoms with van der Waals surface area (Å²) in [5, 5.41) is 0.0795. The van der Waals surface area contributed by atoms with Gasteiger partial charge in [0, 0.05) is 55.4 Å². The molecule has 4 heterocycles. The van der Waals surface area contributed by atoms with Crippen LogP contribution < -0.4 is 26.0 Å². The molecular formula is C74H52BN3O. The van der Waals surface area contributed by atoms with Crippen molar-refractivity contribution in [3.63, 3.8) is 0 Å². The lowest BCUT2D eigenvalue weighted by Crippen LogP contribution is -2.59. The van der Waals surface area contributed by atoms with Gasteiger partial charge in [-0.3, -0.25) is 0 Å². The second-order valence-corrected chi connectivity index (χ2v) is 20.5. The number of hydrogen-bond donors (Lipinski definition) is 0. The SMILES string of the molecule is [2H]c1c([2H])c([2H])c(-c2cc3ccccc3cc2N2c3cc(-n4c5c([2H])c([2H])c([2H])c([2H])c5c5c([2H])c([2H])c([2H])c([2H])c54)ccc3B3c4cc(-n5c6c([2H])c([2H])c([2H])c([2H])c6c6c([2H])c([2H])c([2H])c([2H])c65)cc(-c5c([2H])c([2H])c([2H])c([2H])c5[2H])c4Oc4cc(-c5ccc(C(C)(C)C)cc5)cc2c43)c([2H])c1[2H]. The maximum atomic E-state index is 9.69. The van der Waals surface area contributed by atoms with E-state index in [0.29, 0.717) is 32.8 Å². The van der Waals surface area contributed by atoms with Gasteiger partial charge >= 0.3 is 0 Å². The van der Waals surface area contributed by atoms with Crippen molar-refractivity contribution in [3.8, 4) is 56.3 Å². The number of aromatic nitrogens is 2. The summed E-state index contributed by atoms with van der Waals surface area (Å²) in [6, 6.07) is 12.0. The van der Waals surface area contributed by atoms with Crippen molar-refractivity contribution >= 4 is 94.5 Å². The molecule has 0 bridgehead atoms. The molecule has 14 aromatic rings. The summed E-state index contributed by atoms with van der Waals surface area (Å²) in [5.41, 5.74) is 1.06. The molecule has 12 aromatic carbocycles. The average molecular weight is 1040 g/mol. The highest BCUT2D eigenvalue weighted by molar-refractivity contribution is 6.99. The predicted molar refractivity (Wildman–Crippen MR) is 333 cm³/mol. The van der Waals surface area contributed by atoms with Gasteiger partial charge in [0.1, 0.15) is 11.5 Å². The van der Waals surface area contributed by atoms with E-state index in [2.05, 4.69) is 20.8 Å². The maximum Gasteiger partial charge on any atom is 0.256 e. The first-order chi connectivity index (χ1) is 49.6. The van der Waals surface area contributed by atoms with Crippen LogP contribution in [-0.2, 0) is 5.41 Å². The molecule has 4 nitrogen and oxygen atoms in total. The molecule has 2 aromatic heterocycles. The van der Waals surface area contributed by atoms with Crippen LogP contribution in [-0.4, -0.2) is 15.8 Å². The Kier molecular flexibility index (Phi) is 5.81. The Labute approximate surface area is 496 Å². The van der Waals surface area contributed by atoms with E-state index in [4.69, 9.17) is 23.9 Å². The van der Waals surface area contributed by atoms with Gasteiger partial charge in [0.05, 0.1) is 63.4 Å². The summed E-state index contributed by atoms with van der Waals surface area (Å²) in [7, 11) is 0. The van der Waals surface area contributed by atoms with Gasteiger partial charge in [0.2, 0.25) is 0 Å². The number of ether oxygens (including phenoxy) is 1. The first-order valence-corrected chi connectivity index (χ1v) is 25.4. The molecule has 0 aliphatic carbocycles. The molecule has 0 amide bonds. The Bertz CT molecular complexity index is 6190. The highest BCUT2D eigenvalue weighted by atomic mass is 16.5. The summed E-state index contributed by atoms with van der Waals surface area (Å²) in [6.45, 7) is 4.90. The average Bonchev–Trinajstić information content (AvgIpc) is 0.894. The lowest BCUT2D eigenvalue weighted by Gasteiger charge is -2.42. The number of benzene rings is 12. The predicted octanol–water partition coefficient (Wildman–Crippen LogP) is 17.7. The van der Waals surface area contributed by atoms with E-state index in [0.717, 1.165) is 5.56 Å². The van der Waals surface area contributed by atoms with Crippen molar-refractivity contribution in [2.24, 2.45) is 0 Å². The van der Waals surface area contributed by atoms with Crippen molar-refractivity contribution in [2.45, 2.75) is 26.2 Å². The monoisotopic (exact) mass is 1040 g/mol. The molecule has 0 radical (unpaired) electrons. The van der Waals surface area contributed by atoms with Gasteiger partial charge in [-0.25, -0.2) is 0 Å². The van der Waals surface area contributed by atoms with E-state index >= 15 is 0 Å². The molecule has 0 unspecified atom stereocenters. The zero-order valence-corrected chi connectivity index (χ0v) is 42.1. The second-order valence-electron chi connectivity index (χ2n) is 20.5. The molecule has 0 saturated heterocycles. The topological polar surface area (TPSA) is 22.3 Å². The second kappa shape index (κ2) is 17.3. The molecule has 5 heteroatoms. The van der Waals surface area contributed by atoms with E-state index in [1.54, 1.807) is 65.6 Å². The zero-order valence-electron chi connectivity index (χ0n) is 68.1. The van der Waals surface area contributed by atoms with Crippen molar-refractivity contribution < 1.29 is 40.4 Å². The Balaban J connectivity index is 1.13. The van der Waals surface area contributed by atoms with Crippen LogP contribution in [0.4, 0.5) is 17.1 Å². The van der Waals surface area contributed by atoms with Crippen LogP contribution in [0.2, 0.25) is 0 Å². The van der Waals surface area contributed by atoms with E-state index in [1.807, 2.05) is 36.4 Å². The summed E-state index contributed by atoms with van der Waals surface area (Å²) < 4.78 is 251. The third kappa shape index (κ3) is 7.02. The maximum absolute atomic E-state index is 9.69. The number of para-hydroxylation sites is 4. The molecule has 79 heavy (non-hydrogen) atoms. The lowest BCUT2D eigenvalue weighted by molar-refractivity contribution is 0.489. The molecule has 16 rings (SSSR count). The Morgan fingerprint density at radius 2 is 0.937 bits per heavy atom. The Hall–Kier alpha value is -9.84. The fraction of sp³-hybridized carbons (Fsp3) is 0.0541. The summed E-state index contributed by atoms with van der Waals surface area (Å²) in [6.07, 6.45) is 0. The van der Waals surface area contributed by atoms with Crippen molar-refractivity contribution in [3.05, 3.63) is 266 Å². The summed E-state index contributed by atoms with van der Waals surface area (Å²) in [5.74, 6) is -0.0328. The van der Waals surface area contributed by atoms with Crippen LogP contribution in [0.25, 0.3) is 99.1 Å². The van der Waals surface area contributed by atoms with Crippen LogP contribution >= 0.6 is 0 Å². The number of nitrogens with zero attached hydrogens (tertiary/aromatic N) is 3. The van der Waals surface area contributed by atoms with Gasteiger partial charge in [-0.2, -0.15) is 0 Å². The van der Waals surface area contributed by atoms with Crippen molar-refractivity contribution in [1.82, 2.24) is 9.13 Å². The van der Waals surface area contributed by atoms with Gasteiger partial charge in [0.15, 0.2) is 0 Å². The van der Waals surface area contributed by atoms with E-state index < -0.39 is 169 Å². The minimum Gasteiger partial charge on any atom is -0.458 e. The standard InChI is InChI=1S/C74H52BN3O/c1-74(2,3)53-36-34-47(35-37-53)52-42-70-72-71(43-52)79-73-61(49-22-8-5-9-23-49)44-55(77-66-32-18-14-28-58(66)59-29-15-19-33-67(59)77)45-63(73)75(72)62-39-38-54(76-64-30-16-12-26-56(64)57-27-13-17-31-65(57)76)46-69(62)78(70)68-41-51-25-11-10-24-50(51)40-60(68)48-20-6-4-7-21-48/h4-46H,1-3H3/i4D,5D,6D,7D,8D,9D,12D,13D,14D,15D,16D,17D,18D,19D,20D,21D,22D,23D,26D,27D,28D,29D,30D,31D,32D,33D. The van der Waals surface area contributed by atoms with Crippen LogP contribution in [0, 0.1) is 0 Å². The molecule has 0 fully saturated rings. The van der Waals surface area contributed by atoms with Crippen LogP contribution in [0.15, 0.2) is 260 Å². The van der Waals surface area contributed by atoms with Gasteiger partial charge in [-0.15, -0.1) is 0 Å². The molecular weight excluding hydrogens is 958 g/mol. The highest BCUT2D eigenvalue weighted by Crippen LogP contribution is 2.50. The lowest BCUT2D eigenvalue weighted by atomic mass is 9.34. The van der Waals surface area contributed by atoms with Gasteiger partial charge in [0.25, 0.3) is 6.71 Å². The molecule has 372 valence electrons. The Morgan fingerprint density at radius 1 is 0.405 bits per heavy atom. The third-order valence-electron chi connectivity index (χ3n) is 15.2. The first kappa shape index (κ1) is 26.5. The Morgan fingerprint density at radius 3 is 1.52 bits per heavy atom. The first-order valence-electron chi connectivity index (χ1n) is 38.4. The normalized spacial score (nSPS) is 17.4. The summed E-state index contributed by atoms with van der Waals surface area (Å²) in [4.78, 5) is 1.77. The smallest absolute Gasteiger partial charge is 0.256 e. The fourth-order valence-electron chi connectivity index (χ4n) is 11.6. The van der Waals surface area contributed by atoms with Gasteiger partial charge in [-0.05, 0) is 133 Å². The molecule has 0 saturated carbocycles. The van der Waals surface area contributed by atoms with Crippen LogP contribution in [0.3, 0.4) is 0 Å². The molecule has 0 atom stereocenters. The number of fused-ring (bicyclic) bond motifs is 11. The summed E-state index contributed by atoms with van der Waals surface area (Å²) >= 11 is 0. The third-order valence-corrected chi connectivity index (χ3v) is 15.2. The largest absolute Gasteiger partial charge is 0.458 e.